The summed E-state index contributed by atoms with van der Waals surface area (Å²) in [5.41, 5.74) is 0. The molecular formula is C41H83N3O2. The molecule has 274 valence electrons. The third-order valence-electron chi connectivity index (χ3n) is 9.55. The molecule has 0 saturated carbocycles. The van der Waals surface area contributed by atoms with Crippen molar-refractivity contribution >= 4 is 11.8 Å². The molecule has 5 nitrogen and oxygen atoms in total. The zero-order valence-electron chi connectivity index (χ0n) is 31.9. The largest absolute Gasteiger partial charge is 0.336 e. The minimum absolute atomic E-state index is 0.0747. The van der Waals surface area contributed by atoms with E-state index in [4.69, 9.17) is 0 Å². The molecule has 0 saturated heterocycles. The van der Waals surface area contributed by atoms with Crippen molar-refractivity contribution in [1.29, 1.82) is 0 Å². The molecule has 46 heavy (non-hydrogen) atoms. The van der Waals surface area contributed by atoms with E-state index in [-0.39, 0.29) is 18.0 Å². The first-order valence-corrected chi connectivity index (χ1v) is 20.7. The first-order chi connectivity index (χ1) is 22.5. The maximum atomic E-state index is 12.6. The van der Waals surface area contributed by atoms with Gasteiger partial charge in [-0.3, -0.25) is 9.59 Å². The molecule has 0 aromatic rings. The number of nitrogens with zero attached hydrogens (tertiary/aromatic N) is 1. The minimum atomic E-state index is -0.268. The van der Waals surface area contributed by atoms with Crippen LogP contribution in [0, 0.1) is 0 Å². The van der Waals surface area contributed by atoms with Crippen molar-refractivity contribution in [2.75, 3.05) is 20.6 Å². The Morgan fingerprint density at radius 3 is 0.891 bits per heavy atom. The van der Waals surface area contributed by atoms with Gasteiger partial charge in [-0.15, -0.1) is 0 Å². The summed E-state index contributed by atoms with van der Waals surface area (Å²) >= 11 is 0. The Morgan fingerprint density at radius 2 is 0.652 bits per heavy atom. The number of unbranched alkanes of at least 4 members (excludes halogenated alkanes) is 28. The van der Waals surface area contributed by atoms with Crippen LogP contribution in [0.15, 0.2) is 0 Å². The minimum Gasteiger partial charge on any atom is -0.336 e. The number of hydrogen-bond acceptors (Lipinski definition) is 3. The van der Waals surface area contributed by atoms with E-state index in [1.807, 2.05) is 14.1 Å². The van der Waals surface area contributed by atoms with Crippen molar-refractivity contribution in [3.63, 3.8) is 0 Å². The van der Waals surface area contributed by atoms with Crippen LogP contribution in [0.2, 0.25) is 0 Å². The molecule has 0 aliphatic heterocycles. The highest BCUT2D eigenvalue weighted by atomic mass is 16.2. The van der Waals surface area contributed by atoms with Crippen molar-refractivity contribution in [3.05, 3.63) is 0 Å². The van der Waals surface area contributed by atoms with Crippen LogP contribution in [0.3, 0.4) is 0 Å². The summed E-state index contributed by atoms with van der Waals surface area (Å²) in [7, 11) is 4.07. The van der Waals surface area contributed by atoms with Gasteiger partial charge in [0.05, 0.1) is 0 Å². The van der Waals surface area contributed by atoms with E-state index >= 15 is 0 Å². The smallest absolute Gasteiger partial charge is 0.221 e. The van der Waals surface area contributed by atoms with Crippen LogP contribution in [0.25, 0.3) is 0 Å². The van der Waals surface area contributed by atoms with E-state index in [0.29, 0.717) is 12.8 Å². The highest BCUT2D eigenvalue weighted by molar-refractivity contribution is 5.79. The van der Waals surface area contributed by atoms with Gasteiger partial charge in [0.15, 0.2) is 0 Å². The molecule has 0 spiro atoms. The van der Waals surface area contributed by atoms with Gasteiger partial charge in [-0.2, -0.15) is 0 Å². The zero-order chi connectivity index (χ0) is 33.8. The van der Waals surface area contributed by atoms with Gasteiger partial charge in [-0.1, -0.05) is 194 Å². The topological polar surface area (TPSA) is 61.4 Å². The van der Waals surface area contributed by atoms with Crippen LogP contribution in [0.5, 0.6) is 0 Å². The molecule has 0 atom stereocenters. The average Bonchev–Trinajstić information content (AvgIpc) is 3.03. The summed E-state index contributed by atoms with van der Waals surface area (Å²) < 4.78 is 0. The third-order valence-corrected chi connectivity index (χ3v) is 9.55. The van der Waals surface area contributed by atoms with Gasteiger partial charge in [0.2, 0.25) is 11.8 Å². The molecule has 0 bridgehead atoms. The van der Waals surface area contributed by atoms with Crippen LogP contribution in [0.4, 0.5) is 0 Å². The first kappa shape index (κ1) is 44.9. The fourth-order valence-corrected chi connectivity index (χ4v) is 6.41. The van der Waals surface area contributed by atoms with Gasteiger partial charge < -0.3 is 15.5 Å². The summed E-state index contributed by atoms with van der Waals surface area (Å²) in [5, 5.41) is 6.22. The second-order valence-electron chi connectivity index (χ2n) is 14.7. The maximum absolute atomic E-state index is 12.6. The van der Waals surface area contributed by atoms with Gasteiger partial charge in [0.1, 0.15) is 6.17 Å². The highest BCUT2D eigenvalue weighted by Crippen LogP contribution is 2.15. The molecule has 0 radical (unpaired) electrons. The predicted octanol–water partition coefficient (Wildman–Crippen LogP) is 12.0. The second-order valence-corrected chi connectivity index (χ2v) is 14.7. The van der Waals surface area contributed by atoms with E-state index in [1.165, 1.54) is 167 Å². The van der Waals surface area contributed by atoms with Crippen molar-refractivity contribution in [2.45, 2.75) is 232 Å². The lowest BCUT2D eigenvalue weighted by atomic mass is 10.0. The zero-order valence-corrected chi connectivity index (χ0v) is 31.9. The van der Waals surface area contributed by atoms with Crippen molar-refractivity contribution < 1.29 is 9.59 Å². The van der Waals surface area contributed by atoms with E-state index in [1.54, 1.807) is 0 Å². The molecule has 0 aromatic carbocycles. The fraction of sp³-hybridized carbons (Fsp3) is 0.951. The second kappa shape index (κ2) is 36.7. The molecule has 0 aliphatic rings. The Hall–Kier alpha value is -1.10. The number of hydrogen-bond donors (Lipinski definition) is 2. The van der Waals surface area contributed by atoms with Crippen molar-refractivity contribution in [2.24, 2.45) is 0 Å². The molecule has 0 fully saturated rings. The number of amides is 2. The van der Waals surface area contributed by atoms with Crippen LogP contribution in [0.1, 0.15) is 226 Å². The molecule has 0 aromatic heterocycles. The van der Waals surface area contributed by atoms with Gasteiger partial charge in [-0.25, -0.2) is 0 Å². The maximum Gasteiger partial charge on any atom is 0.221 e. The standard InChI is InChI=1S/C41H83N3O2/c1-5-7-9-11-13-15-17-19-21-23-25-27-29-31-33-35-40(45)42-39(37-38-44(3)4)43-41(46)36-34-32-30-28-26-24-22-20-18-16-14-12-10-8-6-2/h39H,5-38H2,1-4H3,(H,42,45)(H,43,46). The Balaban J connectivity index is 3.80. The van der Waals surface area contributed by atoms with Crippen LogP contribution in [-0.2, 0) is 9.59 Å². The van der Waals surface area contributed by atoms with E-state index in [0.717, 1.165) is 38.6 Å². The SMILES string of the molecule is CCCCCCCCCCCCCCCCCC(=O)NC(CCN(C)C)NC(=O)CCCCCCCCCCCCCCCCC. The Kier molecular flexibility index (Phi) is 35.9. The normalized spacial score (nSPS) is 11.5. The third kappa shape index (κ3) is 35.7. The first-order valence-electron chi connectivity index (χ1n) is 20.7. The highest BCUT2D eigenvalue weighted by Gasteiger charge is 2.15. The molecular weight excluding hydrogens is 566 g/mol. The van der Waals surface area contributed by atoms with E-state index < -0.39 is 0 Å². The van der Waals surface area contributed by atoms with E-state index in [2.05, 4.69) is 29.4 Å². The van der Waals surface area contributed by atoms with Gasteiger partial charge >= 0.3 is 0 Å². The summed E-state index contributed by atoms with van der Waals surface area (Å²) in [4.78, 5) is 27.4. The molecule has 0 heterocycles. The average molecular weight is 650 g/mol. The summed E-state index contributed by atoms with van der Waals surface area (Å²) in [6.07, 6.45) is 41.4. The number of nitrogens with one attached hydrogen (secondary N) is 2. The van der Waals surface area contributed by atoms with Gasteiger partial charge in [-0.05, 0) is 33.4 Å². The van der Waals surface area contributed by atoms with Gasteiger partial charge in [0.25, 0.3) is 0 Å². The summed E-state index contributed by atoms with van der Waals surface area (Å²) in [6, 6.07) is 0. The monoisotopic (exact) mass is 650 g/mol. The lowest BCUT2D eigenvalue weighted by Crippen LogP contribution is -2.49. The Bertz CT molecular complexity index is 591. The van der Waals surface area contributed by atoms with Crippen molar-refractivity contribution in [3.8, 4) is 0 Å². The van der Waals surface area contributed by atoms with Gasteiger partial charge in [0, 0.05) is 19.4 Å². The molecule has 2 N–H and O–H groups in total. The summed E-state index contributed by atoms with van der Waals surface area (Å²) in [5.74, 6) is 0.149. The van der Waals surface area contributed by atoms with E-state index in [9.17, 15) is 9.59 Å². The number of carbonyl (C=O) groups excluding carboxylic acids is 2. The van der Waals surface area contributed by atoms with Crippen LogP contribution < -0.4 is 10.6 Å². The lowest BCUT2D eigenvalue weighted by molar-refractivity contribution is -0.124. The molecule has 0 rings (SSSR count). The summed E-state index contributed by atoms with van der Waals surface area (Å²) in [6.45, 7) is 5.40. The van der Waals surface area contributed by atoms with Crippen molar-refractivity contribution in [1.82, 2.24) is 15.5 Å². The molecule has 5 heteroatoms. The number of rotatable bonds is 37. The Morgan fingerprint density at radius 1 is 0.413 bits per heavy atom. The van der Waals surface area contributed by atoms with Crippen LogP contribution >= 0.6 is 0 Å². The molecule has 2 amide bonds. The number of carbonyl (C=O) groups is 2. The Labute approximate surface area is 289 Å². The molecule has 0 aliphatic carbocycles. The quantitative estimate of drug-likeness (QED) is 0.0520. The fourth-order valence-electron chi connectivity index (χ4n) is 6.41. The van der Waals surface area contributed by atoms with Crippen LogP contribution in [-0.4, -0.2) is 43.5 Å². The molecule has 0 unspecified atom stereocenters. The lowest BCUT2D eigenvalue weighted by Gasteiger charge is -2.22. The predicted molar refractivity (Wildman–Crippen MR) is 202 cm³/mol.